The van der Waals surface area contributed by atoms with E-state index >= 15 is 0 Å². The van der Waals surface area contributed by atoms with Gasteiger partial charge < -0.3 is 4.52 Å². The van der Waals surface area contributed by atoms with Crippen molar-refractivity contribution in [3.63, 3.8) is 0 Å². The Morgan fingerprint density at radius 1 is 0.909 bits per heavy atom. The van der Waals surface area contributed by atoms with Crippen LogP contribution in [0.15, 0.2) is 65.2 Å². The fraction of sp³-hybridized carbons (Fsp3) is 0.250. The molecule has 0 unspecified atom stereocenters. The third-order valence-electron chi connectivity index (χ3n) is 3.90. The summed E-state index contributed by atoms with van der Waals surface area (Å²) in [4.78, 5) is 0. The fourth-order valence-corrected chi connectivity index (χ4v) is 2.68. The molecule has 0 amide bonds. The zero-order valence-corrected chi connectivity index (χ0v) is 13.0. The van der Waals surface area contributed by atoms with Crippen LogP contribution in [0.2, 0.25) is 0 Å². The third-order valence-corrected chi connectivity index (χ3v) is 3.90. The highest BCUT2D eigenvalue weighted by atomic mass is 16.5. The number of hydrogen-bond donors (Lipinski definition) is 0. The van der Waals surface area contributed by atoms with E-state index < -0.39 is 0 Å². The van der Waals surface area contributed by atoms with Crippen molar-refractivity contribution in [1.29, 1.82) is 0 Å². The number of benzene rings is 2. The van der Waals surface area contributed by atoms with E-state index in [0.717, 1.165) is 42.7 Å². The summed E-state index contributed by atoms with van der Waals surface area (Å²) in [5, 5.41) is 4.36. The minimum absolute atomic E-state index is 0.869. The second-order valence-electron chi connectivity index (χ2n) is 5.56. The Bertz CT molecular complexity index is 701. The van der Waals surface area contributed by atoms with E-state index in [2.05, 4.69) is 48.5 Å². The Labute approximate surface area is 131 Å². The van der Waals surface area contributed by atoms with Crippen LogP contribution in [0, 0.1) is 0 Å². The maximum atomic E-state index is 5.67. The van der Waals surface area contributed by atoms with E-state index in [-0.39, 0.29) is 0 Å². The van der Waals surface area contributed by atoms with E-state index in [1.54, 1.807) is 0 Å². The monoisotopic (exact) mass is 291 g/mol. The van der Waals surface area contributed by atoms with Crippen LogP contribution in [0.5, 0.6) is 0 Å². The molecule has 0 N–H and O–H groups in total. The van der Waals surface area contributed by atoms with E-state index in [9.17, 15) is 0 Å². The number of aryl methyl sites for hydroxylation is 1. The Morgan fingerprint density at radius 3 is 2.27 bits per heavy atom. The minimum atomic E-state index is 0.869. The van der Waals surface area contributed by atoms with Crippen molar-refractivity contribution < 1.29 is 4.52 Å². The summed E-state index contributed by atoms with van der Waals surface area (Å²) in [6, 6.07) is 20.8. The van der Waals surface area contributed by atoms with Gasteiger partial charge in [-0.1, -0.05) is 79.2 Å². The van der Waals surface area contributed by atoms with Gasteiger partial charge in [0.25, 0.3) is 0 Å². The van der Waals surface area contributed by atoms with Gasteiger partial charge in [-0.05, 0) is 12.0 Å². The molecule has 0 saturated carbocycles. The lowest BCUT2D eigenvalue weighted by atomic mass is 9.97. The average Bonchev–Trinajstić information content (AvgIpc) is 2.97. The molecule has 0 radical (unpaired) electrons. The molecule has 112 valence electrons. The zero-order chi connectivity index (χ0) is 15.2. The van der Waals surface area contributed by atoms with Crippen molar-refractivity contribution in [3.05, 3.63) is 77.6 Å². The highest BCUT2D eigenvalue weighted by Crippen LogP contribution is 2.28. The van der Waals surface area contributed by atoms with Gasteiger partial charge in [-0.2, -0.15) is 0 Å². The van der Waals surface area contributed by atoms with Gasteiger partial charge in [0.1, 0.15) is 11.5 Å². The van der Waals surface area contributed by atoms with Crippen LogP contribution >= 0.6 is 0 Å². The molecule has 0 atom stereocenters. The van der Waals surface area contributed by atoms with Gasteiger partial charge in [0.15, 0.2) is 0 Å². The van der Waals surface area contributed by atoms with Gasteiger partial charge in [-0.3, -0.25) is 0 Å². The van der Waals surface area contributed by atoms with Crippen LogP contribution in [0.4, 0.5) is 0 Å². The normalized spacial score (nSPS) is 10.8. The molecule has 0 aliphatic carbocycles. The number of rotatable bonds is 6. The predicted octanol–water partition coefficient (Wildman–Crippen LogP) is 5.28. The SMILES string of the molecule is CCCCc1onc(-c2ccccc2)c1Cc1ccccc1. The molecule has 1 heterocycles. The zero-order valence-electron chi connectivity index (χ0n) is 13.0. The Morgan fingerprint density at radius 2 is 1.59 bits per heavy atom. The Balaban J connectivity index is 1.98. The summed E-state index contributed by atoms with van der Waals surface area (Å²) in [7, 11) is 0. The lowest BCUT2D eigenvalue weighted by molar-refractivity contribution is 0.380. The fourth-order valence-electron chi connectivity index (χ4n) is 2.68. The van der Waals surface area contributed by atoms with Gasteiger partial charge in [0, 0.05) is 24.0 Å². The van der Waals surface area contributed by atoms with Crippen LogP contribution in [0.3, 0.4) is 0 Å². The second-order valence-corrected chi connectivity index (χ2v) is 5.56. The molecule has 3 rings (SSSR count). The molecule has 0 saturated heterocycles. The van der Waals surface area contributed by atoms with Gasteiger partial charge in [0.2, 0.25) is 0 Å². The molecular formula is C20H21NO. The summed E-state index contributed by atoms with van der Waals surface area (Å²) in [6.07, 6.45) is 4.11. The number of unbranched alkanes of at least 4 members (excludes halogenated alkanes) is 1. The van der Waals surface area contributed by atoms with Crippen molar-refractivity contribution >= 4 is 0 Å². The van der Waals surface area contributed by atoms with Crippen molar-refractivity contribution in [2.75, 3.05) is 0 Å². The van der Waals surface area contributed by atoms with Gasteiger partial charge in [0.05, 0.1) is 0 Å². The first-order valence-corrected chi connectivity index (χ1v) is 7.95. The number of hydrogen-bond acceptors (Lipinski definition) is 2. The standard InChI is InChI=1S/C20H21NO/c1-2-3-14-19-18(15-16-10-6-4-7-11-16)20(21-22-19)17-12-8-5-9-13-17/h4-13H,2-3,14-15H2,1H3. The van der Waals surface area contributed by atoms with Crippen LogP contribution in [-0.4, -0.2) is 5.16 Å². The molecule has 1 aromatic heterocycles. The Kier molecular flexibility index (Phi) is 4.69. The van der Waals surface area contributed by atoms with Crippen molar-refractivity contribution in [2.45, 2.75) is 32.6 Å². The van der Waals surface area contributed by atoms with Crippen LogP contribution in [0.1, 0.15) is 36.7 Å². The molecular weight excluding hydrogens is 270 g/mol. The van der Waals surface area contributed by atoms with Crippen molar-refractivity contribution in [3.8, 4) is 11.3 Å². The lowest BCUT2D eigenvalue weighted by Gasteiger charge is -2.05. The summed E-state index contributed by atoms with van der Waals surface area (Å²) >= 11 is 0. The predicted molar refractivity (Wildman–Crippen MR) is 89.8 cm³/mol. The molecule has 0 spiro atoms. The first-order chi connectivity index (χ1) is 10.9. The number of nitrogens with zero attached hydrogens (tertiary/aromatic N) is 1. The van der Waals surface area contributed by atoms with Crippen LogP contribution in [0.25, 0.3) is 11.3 Å². The molecule has 22 heavy (non-hydrogen) atoms. The molecule has 2 aromatic carbocycles. The Hall–Kier alpha value is -2.35. The quantitative estimate of drug-likeness (QED) is 0.618. The lowest BCUT2D eigenvalue weighted by Crippen LogP contribution is -1.95. The maximum Gasteiger partial charge on any atom is 0.140 e. The summed E-state index contributed by atoms with van der Waals surface area (Å²) < 4.78 is 5.67. The van der Waals surface area contributed by atoms with Gasteiger partial charge in [-0.15, -0.1) is 0 Å². The topological polar surface area (TPSA) is 26.0 Å². The first-order valence-electron chi connectivity index (χ1n) is 7.95. The summed E-state index contributed by atoms with van der Waals surface area (Å²) in [5.74, 6) is 1.03. The molecule has 0 fully saturated rings. The molecule has 0 aliphatic heterocycles. The minimum Gasteiger partial charge on any atom is -0.360 e. The van der Waals surface area contributed by atoms with Gasteiger partial charge in [-0.25, -0.2) is 0 Å². The molecule has 2 nitrogen and oxygen atoms in total. The van der Waals surface area contributed by atoms with E-state index in [4.69, 9.17) is 4.52 Å². The van der Waals surface area contributed by atoms with Crippen LogP contribution < -0.4 is 0 Å². The highest BCUT2D eigenvalue weighted by molar-refractivity contribution is 5.64. The van der Waals surface area contributed by atoms with Crippen molar-refractivity contribution in [2.24, 2.45) is 0 Å². The number of aromatic nitrogens is 1. The molecule has 3 aromatic rings. The smallest absolute Gasteiger partial charge is 0.140 e. The third kappa shape index (κ3) is 3.28. The first kappa shape index (κ1) is 14.6. The van der Waals surface area contributed by atoms with Crippen LogP contribution in [-0.2, 0) is 12.8 Å². The molecule has 0 bridgehead atoms. The van der Waals surface area contributed by atoms with E-state index in [1.165, 1.54) is 11.1 Å². The molecule has 0 aliphatic rings. The van der Waals surface area contributed by atoms with Crippen molar-refractivity contribution in [1.82, 2.24) is 5.16 Å². The summed E-state index contributed by atoms with van der Waals surface area (Å²) in [5.41, 5.74) is 4.63. The largest absolute Gasteiger partial charge is 0.360 e. The van der Waals surface area contributed by atoms with E-state index in [0.29, 0.717) is 0 Å². The van der Waals surface area contributed by atoms with E-state index in [1.807, 2.05) is 24.3 Å². The summed E-state index contributed by atoms with van der Waals surface area (Å²) in [6.45, 7) is 2.20. The maximum absolute atomic E-state index is 5.67. The average molecular weight is 291 g/mol. The highest BCUT2D eigenvalue weighted by Gasteiger charge is 2.17. The second kappa shape index (κ2) is 7.08. The van der Waals surface area contributed by atoms with Gasteiger partial charge >= 0.3 is 0 Å². The molecule has 2 heteroatoms.